The standard InChI is InChI=1S/C28H30ClN7O3/c1-17-7-10-30-18(11-17)13-36-24(33-23-25(36)31-16-32-26(23)39-28(2)8-9-28)21-6-5-19(12-22(21)29)38-20-14-35(15-20)27(37)34(3)4/h5-7,10-12,16,20H,8-9,13-15H2,1-4H3. The number of likely N-dealkylation sites (tertiary alicyclic amines) is 1. The summed E-state index contributed by atoms with van der Waals surface area (Å²) in [6.07, 6.45) is 5.19. The summed E-state index contributed by atoms with van der Waals surface area (Å²) in [6.45, 7) is 5.64. The van der Waals surface area contributed by atoms with E-state index in [0.717, 1.165) is 29.7 Å². The number of hydrogen-bond acceptors (Lipinski definition) is 7. The molecule has 1 aliphatic heterocycles. The van der Waals surface area contributed by atoms with Gasteiger partial charge in [-0.05, 0) is 62.6 Å². The average molecular weight is 548 g/mol. The second kappa shape index (κ2) is 9.68. The van der Waals surface area contributed by atoms with Gasteiger partial charge in [0.2, 0.25) is 5.88 Å². The van der Waals surface area contributed by atoms with Crippen molar-refractivity contribution in [3.05, 3.63) is 59.1 Å². The van der Waals surface area contributed by atoms with Gasteiger partial charge in [-0.25, -0.2) is 14.8 Å². The molecule has 4 aromatic rings. The molecule has 2 fully saturated rings. The van der Waals surface area contributed by atoms with Gasteiger partial charge in [0.25, 0.3) is 0 Å². The van der Waals surface area contributed by atoms with Gasteiger partial charge in [0, 0.05) is 25.9 Å². The number of aromatic nitrogens is 5. The summed E-state index contributed by atoms with van der Waals surface area (Å²) in [4.78, 5) is 33.9. The highest BCUT2D eigenvalue weighted by Gasteiger charge is 2.41. The van der Waals surface area contributed by atoms with Crippen molar-refractivity contribution < 1.29 is 14.3 Å². The minimum atomic E-state index is -0.214. The van der Waals surface area contributed by atoms with Crippen molar-refractivity contribution >= 4 is 28.8 Å². The molecule has 0 radical (unpaired) electrons. The van der Waals surface area contributed by atoms with Gasteiger partial charge < -0.3 is 23.8 Å². The van der Waals surface area contributed by atoms with Crippen molar-refractivity contribution in [3.63, 3.8) is 0 Å². The van der Waals surface area contributed by atoms with E-state index in [1.165, 1.54) is 6.33 Å². The number of rotatable bonds is 7. The Balaban J connectivity index is 1.33. The highest BCUT2D eigenvalue weighted by molar-refractivity contribution is 6.33. The zero-order valence-electron chi connectivity index (χ0n) is 22.4. The van der Waals surface area contributed by atoms with Gasteiger partial charge in [0.15, 0.2) is 11.2 Å². The first kappa shape index (κ1) is 25.4. The lowest BCUT2D eigenvalue weighted by Crippen LogP contribution is -2.58. The van der Waals surface area contributed by atoms with E-state index >= 15 is 0 Å². The molecule has 0 N–H and O–H groups in total. The summed E-state index contributed by atoms with van der Waals surface area (Å²) < 4.78 is 14.3. The van der Waals surface area contributed by atoms with Crippen LogP contribution in [0.15, 0.2) is 42.9 Å². The van der Waals surface area contributed by atoms with Crippen LogP contribution in [0, 0.1) is 6.92 Å². The van der Waals surface area contributed by atoms with Crippen LogP contribution in [0.1, 0.15) is 31.0 Å². The number of nitrogens with zero attached hydrogens (tertiary/aromatic N) is 7. The maximum atomic E-state index is 12.1. The van der Waals surface area contributed by atoms with E-state index in [-0.39, 0.29) is 17.7 Å². The molecule has 10 nitrogen and oxygen atoms in total. The number of amides is 2. The summed E-state index contributed by atoms with van der Waals surface area (Å²) in [5, 5.41) is 0.492. The van der Waals surface area contributed by atoms with Crippen LogP contribution >= 0.6 is 11.6 Å². The van der Waals surface area contributed by atoms with E-state index in [2.05, 4.69) is 21.9 Å². The smallest absolute Gasteiger partial charge is 0.319 e. The first-order valence-electron chi connectivity index (χ1n) is 12.9. The van der Waals surface area contributed by atoms with Gasteiger partial charge in [-0.15, -0.1) is 0 Å². The highest BCUT2D eigenvalue weighted by atomic mass is 35.5. The van der Waals surface area contributed by atoms with Crippen LogP contribution in [0.5, 0.6) is 11.6 Å². The van der Waals surface area contributed by atoms with Crippen LogP contribution in [-0.4, -0.2) is 79.2 Å². The number of carbonyl (C=O) groups is 1. The molecule has 0 unspecified atom stereocenters. The lowest BCUT2D eigenvalue weighted by Gasteiger charge is -2.40. The number of carbonyl (C=O) groups excluding carboxylic acids is 1. The number of ether oxygens (including phenoxy) is 2. The molecule has 1 saturated heterocycles. The number of fused-ring (bicyclic) bond motifs is 1. The number of aryl methyl sites for hydroxylation is 1. The van der Waals surface area contributed by atoms with Crippen molar-refractivity contribution in [3.8, 4) is 23.0 Å². The molecule has 4 heterocycles. The fourth-order valence-electron chi connectivity index (χ4n) is 4.60. The van der Waals surface area contributed by atoms with Gasteiger partial charge in [0.1, 0.15) is 29.6 Å². The van der Waals surface area contributed by atoms with Crippen molar-refractivity contribution in [1.82, 2.24) is 34.3 Å². The van der Waals surface area contributed by atoms with Crippen molar-refractivity contribution in [1.29, 1.82) is 0 Å². The molecule has 39 heavy (non-hydrogen) atoms. The third kappa shape index (κ3) is 5.08. The summed E-state index contributed by atoms with van der Waals surface area (Å²) in [5.41, 5.74) is 3.75. The Labute approximate surface area is 231 Å². The molecule has 0 bridgehead atoms. The number of benzene rings is 1. The molecule has 2 aliphatic rings. The molecule has 11 heteroatoms. The van der Waals surface area contributed by atoms with Crippen LogP contribution < -0.4 is 9.47 Å². The molecule has 2 amide bonds. The molecule has 6 rings (SSSR count). The molecular formula is C28H30ClN7O3. The fraction of sp³-hybridized carbons (Fsp3) is 0.393. The van der Waals surface area contributed by atoms with E-state index < -0.39 is 0 Å². The third-order valence-electron chi connectivity index (χ3n) is 7.07. The molecule has 3 aromatic heterocycles. The zero-order chi connectivity index (χ0) is 27.3. The minimum absolute atomic E-state index is 0.0210. The van der Waals surface area contributed by atoms with Crippen molar-refractivity contribution in [2.24, 2.45) is 0 Å². The van der Waals surface area contributed by atoms with E-state index in [4.69, 9.17) is 26.1 Å². The summed E-state index contributed by atoms with van der Waals surface area (Å²) >= 11 is 6.83. The van der Waals surface area contributed by atoms with Crippen LogP contribution in [0.25, 0.3) is 22.6 Å². The van der Waals surface area contributed by atoms with E-state index in [0.29, 0.717) is 53.3 Å². The lowest BCUT2D eigenvalue weighted by molar-refractivity contribution is 0.0356. The van der Waals surface area contributed by atoms with Gasteiger partial charge in [-0.1, -0.05) is 11.6 Å². The first-order valence-corrected chi connectivity index (χ1v) is 13.3. The molecule has 202 valence electrons. The molecule has 1 aromatic carbocycles. The van der Waals surface area contributed by atoms with Crippen molar-refractivity contribution in [2.75, 3.05) is 27.2 Å². The molecule has 0 atom stereocenters. The zero-order valence-corrected chi connectivity index (χ0v) is 23.1. The molecular weight excluding hydrogens is 518 g/mol. The topological polar surface area (TPSA) is 98.5 Å². The van der Waals surface area contributed by atoms with Crippen LogP contribution in [-0.2, 0) is 6.54 Å². The normalized spacial score (nSPS) is 16.2. The van der Waals surface area contributed by atoms with Crippen LogP contribution in [0.4, 0.5) is 4.79 Å². The number of hydrogen-bond donors (Lipinski definition) is 0. The maximum absolute atomic E-state index is 12.1. The maximum Gasteiger partial charge on any atom is 0.319 e. The fourth-order valence-corrected chi connectivity index (χ4v) is 4.85. The van der Waals surface area contributed by atoms with Gasteiger partial charge in [-0.3, -0.25) is 4.98 Å². The van der Waals surface area contributed by atoms with E-state index in [1.54, 1.807) is 36.2 Å². The van der Waals surface area contributed by atoms with Crippen molar-refractivity contribution in [2.45, 2.75) is 44.9 Å². The quantitative estimate of drug-likeness (QED) is 0.334. The Morgan fingerprint density at radius 3 is 2.64 bits per heavy atom. The van der Waals surface area contributed by atoms with Gasteiger partial charge in [-0.2, -0.15) is 4.98 Å². The molecule has 1 aliphatic carbocycles. The summed E-state index contributed by atoms with van der Waals surface area (Å²) in [5.74, 6) is 1.75. The van der Waals surface area contributed by atoms with E-state index in [1.807, 2.05) is 35.8 Å². The Hall–Kier alpha value is -3.92. The Bertz CT molecular complexity index is 1560. The Morgan fingerprint density at radius 1 is 1.15 bits per heavy atom. The predicted molar refractivity (Wildman–Crippen MR) is 147 cm³/mol. The lowest BCUT2D eigenvalue weighted by atomic mass is 10.1. The first-order chi connectivity index (χ1) is 18.7. The average Bonchev–Trinajstić information content (AvgIpc) is 3.49. The number of halogens is 1. The van der Waals surface area contributed by atoms with Crippen LogP contribution in [0.2, 0.25) is 5.02 Å². The van der Waals surface area contributed by atoms with Crippen LogP contribution in [0.3, 0.4) is 0 Å². The second-order valence-electron chi connectivity index (χ2n) is 10.7. The largest absolute Gasteiger partial charge is 0.487 e. The Kier molecular flexibility index (Phi) is 6.29. The predicted octanol–water partition coefficient (Wildman–Crippen LogP) is 4.57. The molecule has 1 saturated carbocycles. The minimum Gasteiger partial charge on any atom is -0.487 e. The van der Waals surface area contributed by atoms with Gasteiger partial charge in [0.05, 0.1) is 30.4 Å². The third-order valence-corrected chi connectivity index (χ3v) is 7.39. The molecule has 0 spiro atoms. The Morgan fingerprint density at radius 2 is 1.95 bits per heavy atom. The number of pyridine rings is 1. The highest BCUT2D eigenvalue weighted by Crippen LogP contribution is 2.41. The van der Waals surface area contributed by atoms with E-state index in [9.17, 15) is 4.79 Å². The SMILES string of the molecule is Cc1ccnc(Cn2c(-c3ccc(OC4CN(C(=O)N(C)C)C4)cc3Cl)nc3c(OC4(C)CC4)ncnc32)c1. The number of imidazole rings is 1. The second-order valence-corrected chi connectivity index (χ2v) is 11.1. The summed E-state index contributed by atoms with van der Waals surface area (Å²) in [6, 6.07) is 9.55. The van der Waals surface area contributed by atoms with Gasteiger partial charge >= 0.3 is 6.03 Å². The monoisotopic (exact) mass is 547 g/mol. The summed E-state index contributed by atoms with van der Waals surface area (Å²) in [7, 11) is 3.48. The number of urea groups is 1.